The van der Waals surface area contributed by atoms with Crippen LogP contribution in [0.5, 0.6) is 11.5 Å². The average Bonchev–Trinajstić information content (AvgIpc) is 2.99. The number of aliphatic hydroxyl groups excluding tert-OH is 1. The second-order valence-electron chi connectivity index (χ2n) is 10.0. The smallest absolute Gasteiger partial charge is 0.411 e. The molecule has 0 bridgehead atoms. The number of amides is 1. The van der Waals surface area contributed by atoms with E-state index in [1.54, 1.807) is 24.4 Å². The Morgan fingerprint density at radius 2 is 1.81 bits per heavy atom. The number of halogens is 2. The summed E-state index contributed by atoms with van der Waals surface area (Å²) < 4.78 is 11.3. The molecule has 2 atom stereocenters. The molecule has 0 saturated carbocycles. The number of benzene rings is 3. The van der Waals surface area contributed by atoms with Crippen molar-refractivity contribution < 1.29 is 29.3 Å². The molecule has 5 rings (SSSR count). The number of hydrogen-bond acceptors (Lipinski definition) is 7. The standard InChI is InChI=1S/C32H30ClN3O6.ClH/c33-30-11-8-22(17-35-30)29(37)18-34-25-9-6-21-7-10-27(14-23(21)12-25)42-28-15-24(31(38)39)13-26(16-28)36-32(40)41-19-20-4-2-1-3-5-20;/h1-5,7-8,10-11,13-17,25,29,34,37H,6,9,12,18-19H2,(H,36,40)(H,38,39);1H/t25-,29+;/m0./s1. The Balaban J connectivity index is 0.00000423. The molecule has 0 spiro atoms. The maximum absolute atomic E-state index is 12.4. The minimum atomic E-state index is -1.16. The Morgan fingerprint density at radius 1 is 1.00 bits per heavy atom. The zero-order valence-electron chi connectivity index (χ0n) is 23.0. The summed E-state index contributed by atoms with van der Waals surface area (Å²) in [7, 11) is 0. The molecule has 0 unspecified atom stereocenters. The molecule has 1 amide bonds. The van der Waals surface area contributed by atoms with E-state index in [0.29, 0.717) is 23.0 Å². The number of carboxylic acids is 1. The van der Waals surface area contributed by atoms with Gasteiger partial charge in [-0.2, -0.15) is 0 Å². The number of aliphatic hydroxyl groups is 1. The molecule has 1 aromatic heterocycles. The Hall–Kier alpha value is -4.15. The number of aryl methyl sites for hydroxylation is 1. The van der Waals surface area contributed by atoms with E-state index in [1.807, 2.05) is 48.5 Å². The van der Waals surface area contributed by atoms with Gasteiger partial charge in [0.1, 0.15) is 23.3 Å². The quantitative estimate of drug-likeness (QED) is 0.146. The van der Waals surface area contributed by atoms with Crippen LogP contribution in [0.2, 0.25) is 5.15 Å². The highest BCUT2D eigenvalue weighted by molar-refractivity contribution is 6.29. The highest BCUT2D eigenvalue weighted by Crippen LogP contribution is 2.31. The molecule has 224 valence electrons. The number of ether oxygens (including phenoxy) is 2. The van der Waals surface area contributed by atoms with Gasteiger partial charge in [0.05, 0.1) is 11.7 Å². The maximum atomic E-state index is 12.4. The molecule has 9 nitrogen and oxygen atoms in total. The number of carbonyl (C=O) groups excluding carboxylic acids is 1. The lowest BCUT2D eigenvalue weighted by Crippen LogP contribution is -2.37. The van der Waals surface area contributed by atoms with Crippen LogP contribution in [0.25, 0.3) is 0 Å². The largest absolute Gasteiger partial charge is 0.478 e. The molecule has 0 saturated heterocycles. The molecule has 4 aromatic rings. The van der Waals surface area contributed by atoms with Crippen molar-refractivity contribution in [2.75, 3.05) is 11.9 Å². The van der Waals surface area contributed by atoms with Crippen molar-refractivity contribution in [2.45, 2.75) is 38.0 Å². The van der Waals surface area contributed by atoms with E-state index in [2.05, 4.69) is 15.6 Å². The summed E-state index contributed by atoms with van der Waals surface area (Å²) in [6.07, 6.45) is 2.70. The first kappa shape index (κ1) is 31.8. The Kier molecular flexibility index (Phi) is 11.0. The van der Waals surface area contributed by atoms with Crippen molar-refractivity contribution in [1.82, 2.24) is 10.3 Å². The first-order valence-corrected chi connectivity index (χ1v) is 13.9. The van der Waals surface area contributed by atoms with E-state index < -0.39 is 18.2 Å². The molecule has 1 aliphatic rings. The average molecular weight is 625 g/mol. The van der Waals surface area contributed by atoms with Gasteiger partial charge in [0.15, 0.2) is 0 Å². The zero-order valence-corrected chi connectivity index (χ0v) is 24.6. The van der Waals surface area contributed by atoms with Gasteiger partial charge in [0.25, 0.3) is 0 Å². The summed E-state index contributed by atoms with van der Waals surface area (Å²) in [6.45, 7) is 0.460. The molecule has 0 aliphatic heterocycles. The second kappa shape index (κ2) is 14.8. The van der Waals surface area contributed by atoms with Crippen LogP contribution < -0.4 is 15.4 Å². The van der Waals surface area contributed by atoms with Crippen molar-refractivity contribution >= 4 is 41.8 Å². The number of aromatic carboxylic acids is 1. The van der Waals surface area contributed by atoms with Gasteiger partial charge in [-0.3, -0.25) is 5.32 Å². The van der Waals surface area contributed by atoms with Crippen LogP contribution in [-0.2, 0) is 24.2 Å². The number of fused-ring (bicyclic) bond motifs is 1. The van der Waals surface area contributed by atoms with Crippen LogP contribution in [0.1, 0.15) is 45.1 Å². The normalized spacial score (nSPS) is 14.5. The lowest BCUT2D eigenvalue weighted by molar-refractivity contribution is 0.0696. The van der Waals surface area contributed by atoms with E-state index in [4.69, 9.17) is 21.1 Å². The van der Waals surface area contributed by atoms with Crippen molar-refractivity contribution in [2.24, 2.45) is 0 Å². The molecule has 4 N–H and O–H groups in total. The van der Waals surface area contributed by atoms with Gasteiger partial charge in [-0.1, -0.05) is 54.1 Å². The molecule has 1 aliphatic carbocycles. The predicted octanol–water partition coefficient (Wildman–Crippen LogP) is 6.58. The van der Waals surface area contributed by atoms with E-state index in [-0.39, 0.29) is 42.1 Å². The Labute approximate surface area is 260 Å². The van der Waals surface area contributed by atoms with Gasteiger partial charge in [-0.15, -0.1) is 12.4 Å². The summed E-state index contributed by atoms with van der Waals surface area (Å²) in [6, 6.07) is 22.9. The van der Waals surface area contributed by atoms with E-state index in [0.717, 1.165) is 30.4 Å². The fraction of sp³-hybridized carbons (Fsp3) is 0.219. The topological polar surface area (TPSA) is 130 Å². The highest BCUT2D eigenvalue weighted by Gasteiger charge is 2.21. The third kappa shape index (κ3) is 8.92. The molecule has 3 aromatic carbocycles. The number of carbonyl (C=O) groups is 2. The summed E-state index contributed by atoms with van der Waals surface area (Å²) in [4.78, 5) is 28.2. The van der Waals surface area contributed by atoms with Crippen LogP contribution in [-0.4, -0.2) is 39.8 Å². The molecule has 0 fully saturated rings. The fourth-order valence-corrected chi connectivity index (χ4v) is 4.93. The van der Waals surface area contributed by atoms with Gasteiger partial charge in [0, 0.05) is 36.1 Å². The summed E-state index contributed by atoms with van der Waals surface area (Å²) in [5.41, 5.74) is 4.04. The first-order chi connectivity index (χ1) is 20.3. The molecule has 43 heavy (non-hydrogen) atoms. The van der Waals surface area contributed by atoms with Gasteiger partial charge in [-0.25, -0.2) is 14.6 Å². The Bertz CT molecular complexity index is 1550. The van der Waals surface area contributed by atoms with Crippen LogP contribution in [0, 0.1) is 0 Å². The van der Waals surface area contributed by atoms with Crippen LogP contribution in [0.3, 0.4) is 0 Å². The zero-order chi connectivity index (χ0) is 29.5. The molecular weight excluding hydrogens is 593 g/mol. The SMILES string of the molecule is Cl.O=C(Nc1cc(Oc2ccc3c(c2)C[C@@H](NC[C@@H](O)c2ccc(Cl)nc2)CC3)cc(C(=O)O)c1)OCc1ccccc1. The number of aromatic nitrogens is 1. The van der Waals surface area contributed by atoms with Gasteiger partial charge in [-0.05, 0) is 66.3 Å². The second-order valence-corrected chi connectivity index (χ2v) is 10.4. The lowest BCUT2D eigenvalue weighted by atomic mass is 9.88. The number of rotatable bonds is 10. The fourth-order valence-electron chi connectivity index (χ4n) is 4.82. The van der Waals surface area contributed by atoms with Crippen molar-refractivity contribution in [3.63, 3.8) is 0 Å². The predicted molar refractivity (Wildman–Crippen MR) is 165 cm³/mol. The molecular formula is C32H31Cl2N3O6. The third-order valence-electron chi connectivity index (χ3n) is 6.99. The summed E-state index contributed by atoms with van der Waals surface area (Å²) >= 11 is 5.84. The first-order valence-electron chi connectivity index (χ1n) is 13.5. The minimum Gasteiger partial charge on any atom is -0.478 e. The number of anilines is 1. The molecule has 11 heteroatoms. The number of hydrogen-bond donors (Lipinski definition) is 4. The van der Waals surface area contributed by atoms with Crippen molar-refractivity contribution in [3.05, 3.63) is 118 Å². The van der Waals surface area contributed by atoms with E-state index in [1.165, 1.54) is 17.7 Å². The lowest BCUT2D eigenvalue weighted by Gasteiger charge is -2.27. The maximum Gasteiger partial charge on any atom is 0.411 e. The van der Waals surface area contributed by atoms with Gasteiger partial charge < -0.3 is 25.0 Å². The van der Waals surface area contributed by atoms with Gasteiger partial charge in [0.2, 0.25) is 0 Å². The van der Waals surface area contributed by atoms with Crippen LogP contribution in [0.4, 0.5) is 10.5 Å². The van der Waals surface area contributed by atoms with Crippen molar-refractivity contribution in [3.8, 4) is 11.5 Å². The summed E-state index contributed by atoms with van der Waals surface area (Å²) in [5, 5.41) is 26.5. The monoisotopic (exact) mass is 623 g/mol. The third-order valence-corrected chi connectivity index (χ3v) is 7.21. The number of nitrogens with zero attached hydrogens (tertiary/aromatic N) is 1. The molecule has 1 heterocycles. The Morgan fingerprint density at radius 3 is 2.56 bits per heavy atom. The van der Waals surface area contributed by atoms with Crippen molar-refractivity contribution in [1.29, 1.82) is 0 Å². The van der Waals surface area contributed by atoms with Crippen LogP contribution in [0.15, 0.2) is 85.1 Å². The number of carboxylic acid groups (broad SMARTS) is 1. The number of pyridine rings is 1. The number of nitrogens with one attached hydrogen (secondary N) is 2. The van der Waals surface area contributed by atoms with Gasteiger partial charge >= 0.3 is 12.1 Å². The van der Waals surface area contributed by atoms with Crippen LogP contribution >= 0.6 is 24.0 Å². The van der Waals surface area contributed by atoms with E-state index >= 15 is 0 Å². The molecule has 0 radical (unpaired) electrons. The summed E-state index contributed by atoms with van der Waals surface area (Å²) in [5.74, 6) is -0.350. The highest BCUT2D eigenvalue weighted by atomic mass is 35.5. The minimum absolute atomic E-state index is 0. The van der Waals surface area contributed by atoms with E-state index in [9.17, 15) is 19.8 Å².